The van der Waals surface area contributed by atoms with Crippen LogP contribution in [0.5, 0.6) is 0 Å². The van der Waals surface area contributed by atoms with Crippen LogP contribution in [0.25, 0.3) is 0 Å². The summed E-state index contributed by atoms with van der Waals surface area (Å²) in [5.41, 5.74) is 0.840. The summed E-state index contributed by atoms with van der Waals surface area (Å²) >= 11 is 0. The third-order valence-electron chi connectivity index (χ3n) is 4.58. The summed E-state index contributed by atoms with van der Waals surface area (Å²) in [6.07, 6.45) is 1.57. The number of aliphatic hydroxyl groups excluding tert-OH is 1. The van der Waals surface area contributed by atoms with Crippen molar-refractivity contribution in [2.24, 2.45) is 0 Å². The maximum atomic E-state index is 12.1. The topological polar surface area (TPSA) is 99.0 Å². The molecule has 8 nitrogen and oxygen atoms in total. The Labute approximate surface area is 146 Å². The molecule has 8 heteroatoms. The van der Waals surface area contributed by atoms with Gasteiger partial charge in [0, 0.05) is 50.4 Å². The van der Waals surface area contributed by atoms with Gasteiger partial charge in [-0.25, -0.2) is 0 Å². The second-order valence-electron chi connectivity index (χ2n) is 6.85. The Kier molecular flexibility index (Phi) is 5.19. The minimum absolute atomic E-state index is 0.0348. The van der Waals surface area contributed by atoms with Crippen molar-refractivity contribution in [3.8, 4) is 0 Å². The van der Waals surface area contributed by atoms with E-state index >= 15 is 0 Å². The number of β-amino-alcohol motifs (C(OH)–C–C–N with tert-alkyl or cyclic N) is 1. The summed E-state index contributed by atoms with van der Waals surface area (Å²) in [5, 5.41) is 23.8. The lowest BCUT2D eigenvalue weighted by Gasteiger charge is -2.36. The van der Waals surface area contributed by atoms with Crippen molar-refractivity contribution in [2.75, 3.05) is 37.6 Å². The second kappa shape index (κ2) is 7.37. The first-order valence-corrected chi connectivity index (χ1v) is 8.68. The number of nitrogens with one attached hydrogen (secondary N) is 1. The van der Waals surface area contributed by atoms with Crippen molar-refractivity contribution < 1.29 is 14.8 Å². The van der Waals surface area contributed by atoms with Crippen LogP contribution in [0.15, 0.2) is 18.2 Å². The van der Waals surface area contributed by atoms with E-state index < -0.39 is 4.92 Å². The Bertz CT molecular complexity index is 652. The minimum Gasteiger partial charge on any atom is -0.392 e. The molecule has 2 aliphatic rings. The van der Waals surface area contributed by atoms with Crippen LogP contribution in [0.1, 0.15) is 30.1 Å². The minimum atomic E-state index is -0.425. The van der Waals surface area contributed by atoms with Gasteiger partial charge in [0.15, 0.2) is 0 Å². The van der Waals surface area contributed by atoms with Crippen LogP contribution in [-0.2, 0) is 0 Å². The zero-order chi connectivity index (χ0) is 18.0. The van der Waals surface area contributed by atoms with Crippen molar-refractivity contribution in [1.29, 1.82) is 0 Å². The van der Waals surface area contributed by atoms with E-state index in [9.17, 15) is 20.0 Å². The van der Waals surface area contributed by atoms with Crippen molar-refractivity contribution in [2.45, 2.75) is 31.9 Å². The Morgan fingerprint density at radius 1 is 1.36 bits per heavy atom. The lowest BCUT2D eigenvalue weighted by molar-refractivity contribution is -0.384. The van der Waals surface area contributed by atoms with Gasteiger partial charge in [-0.3, -0.25) is 19.8 Å². The Morgan fingerprint density at radius 2 is 2.04 bits per heavy atom. The van der Waals surface area contributed by atoms with E-state index in [1.807, 2.05) is 4.90 Å². The molecule has 0 unspecified atom stereocenters. The Hall–Kier alpha value is -2.19. The van der Waals surface area contributed by atoms with Gasteiger partial charge in [-0.15, -0.1) is 0 Å². The van der Waals surface area contributed by atoms with Gasteiger partial charge in [-0.05, 0) is 31.9 Å². The van der Waals surface area contributed by atoms with Gasteiger partial charge < -0.3 is 15.3 Å². The number of benzene rings is 1. The molecule has 0 radical (unpaired) electrons. The quantitative estimate of drug-likeness (QED) is 0.588. The highest BCUT2D eigenvalue weighted by Crippen LogP contribution is 2.30. The number of amides is 1. The molecule has 0 spiro atoms. The zero-order valence-corrected chi connectivity index (χ0v) is 14.4. The van der Waals surface area contributed by atoms with Crippen molar-refractivity contribution in [1.82, 2.24) is 10.2 Å². The molecule has 2 fully saturated rings. The zero-order valence-electron chi connectivity index (χ0n) is 14.4. The molecule has 1 saturated heterocycles. The number of nitrogens with zero attached hydrogens (tertiary/aromatic N) is 3. The molecule has 25 heavy (non-hydrogen) atoms. The number of aliphatic hydroxyl groups is 1. The lowest BCUT2D eigenvalue weighted by atomic mass is 10.1. The predicted molar refractivity (Wildman–Crippen MR) is 93.9 cm³/mol. The van der Waals surface area contributed by atoms with Crippen LogP contribution >= 0.6 is 0 Å². The van der Waals surface area contributed by atoms with E-state index in [0.717, 1.165) is 25.9 Å². The summed E-state index contributed by atoms with van der Waals surface area (Å²) in [7, 11) is 0. The summed E-state index contributed by atoms with van der Waals surface area (Å²) in [6.45, 7) is 5.15. The number of carbonyl (C=O) groups is 1. The number of rotatable bonds is 6. The van der Waals surface area contributed by atoms with Crippen LogP contribution in [0.3, 0.4) is 0 Å². The first kappa shape index (κ1) is 17.6. The Morgan fingerprint density at radius 3 is 2.60 bits per heavy atom. The van der Waals surface area contributed by atoms with Crippen LogP contribution in [0.4, 0.5) is 11.4 Å². The summed E-state index contributed by atoms with van der Waals surface area (Å²) < 4.78 is 0. The highest BCUT2D eigenvalue weighted by atomic mass is 16.6. The van der Waals surface area contributed by atoms with E-state index in [-0.39, 0.29) is 23.7 Å². The fourth-order valence-electron chi connectivity index (χ4n) is 3.12. The molecule has 1 aromatic rings. The molecular weight excluding hydrogens is 324 g/mol. The highest BCUT2D eigenvalue weighted by Gasteiger charge is 2.27. The molecule has 1 heterocycles. The normalized spacial score (nSPS) is 19.5. The largest absolute Gasteiger partial charge is 0.392 e. The van der Waals surface area contributed by atoms with E-state index in [1.165, 1.54) is 6.07 Å². The maximum Gasteiger partial charge on any atom is 0.293 e. The monoisotopic (exact) mass is 348 g/mol. The van der Waals surface area contributed by atoms with Crippen LogP contribution in [-0.4, -0.2) is 65.7 Å². The molecule has 1 atom stereocenters. The van der Waals surface area contributed by atoms with Crippen molar-refractivity contribution in [3.05, 3.63) is 33.9 Å². The molecular formula is C17H24N4O4. The van der Waals surface area contributed by atoms with Crippen LogP contribution in [0.2, 0.25) is 0 Å². The molecule has 1 aromatic carbocycles. The van der Waals surface area contributed by atoms with E-state index in [4.69, 9.17) is 0 Å². The standard InChI is InChI=1S/C17H24N4O4/c1-12(22)11-19-6-8-20(9-7-19)15-5-2-13(10-16(15)21(24)25)17(23)18-14-3-4-14/h2,5,10,12,14,22H,3-4,6-9,11H2,1H3,(H,18,23)/t12-/m1/s1. The van der Waals surface area contributed by atoms with Gasteiger partial charge in [0.05, 0.1) is 11.0 Å². The number of nitro benzene ring substituents is 1. The number of anilines is 1. The molecule has 0 bridgehead atoms. The average molecular weight is 348 g/mol. The fourth-order valence-corrected chi connectivity index (χ4v) is 3.12. The van der Waals surface area contributed by atoms with E-state index in [2.05, 4.69) is 10.2 Å². The molecule has 3 rings (SSSR count). The van der Waals surface area contributed by atoms with Gasteiger partial charge in [0.25, 0.3) is 11.6 Å². The molecule has 1 aliphatic heterocycles. The summed E-state index contributed by atoms with van der Waals surface area (Å²) in [5.74, 6) is -0.251. The van der Waals surface area contributed by atoms with Crippen LogP contribution in [0, 0.1) is 10.1 Å². The number of nitro groups is 1. The Balaban J connectivity index is 1.72. The fraction of sp³-hybridized carbons (Fsp3) is 0.588. The third kappa shape index (κ3) is 4.46. The van der Waals surface area contributed by atoms with Gasteiger partial charge in [-0.1, -0.05) is 0 Å². The first-order valence-electron chi connectivity index (χ1n) is 8.68. The van der Waals surface area contributed by atoms with E-state index in [1.54, 1.807) is 19.1 Å². The highest BCUT2D eigenvalue weighted by molar-refractivity contribution is 5.96. The molecule has 136 valence electrons. The first-order chi connectivity index (χ1) is 11.9. The number of carbonyl (C=O) groups excluding carboxylic acids is 1. The van der Waals surface area contributed by atoms with Gasteiger partial charge in [-0.2, -0.15) is 0 Å². The third-order valence-corrected chi connectivity index (χ3v) is 4.58. The van der Waals surface area contributed by atoms with Crippen molar-refractivity contribution >= 4 is 17.3 Å². The molecule has 1 saturated carbocycles. The number of hydrogen-bond acceptors (Lipinski definition) is 6. The summed E-state index contributed by atoms with van der Waals surface area (Å²) in [4.78, 5) is 27.3. The van der Waals surface area contributed by atoms with Gasteiger partial charge in [0.2, 0.25) is 0 Å². The molecule has 2 N–H and O–H groups in total. The van der Waals surface area contributed by atoms with Gasteiger partial charge >= 0.3 is 0 Å². The average Bonchev–Trinajstić information content (AvgIpc) is 3.38. The second-order valence-corrected chi connectivity index (χ2v) is 6.85. The smallest absolute Gasteiger partial charge is 0.293 e. The predicted octanol–water partition coefficient (Wildman–Crippen LogP) is 0.990. The molecule has 0 aromatic heterocycles. The molecule has 1 amide bonds. The number of piperazine rings is 1. The lowest BCUT2D eigenvalue weighted by Crippen LogP contribution is -2.48. The number of hydrogen-bond donors (Lipinski definition) is 2. The van der Waals surface area contributed by atoms with Crippen LogP contribution < -0.4 is 10.2 Å². The van der Waals surface area contributed by atoms with E-state index in [0.29, 0.717) is 30.9 Å². The maximum absolute atomic E-state index is 12.1. The summed E-state index contributed by atoms with van der Waals surface area (Å²) in [6, 6.07) is 4.91. The molecule has 1 aliphatic carbocycles. The van der Waals surface area contributed by atoms with Crippen molar-refractivity contribution in [3.63, 3.8) is 0 Å². The van der Waals surface area contributed by atoms with Gasteiger partial charge in [0.1, 0.15) is 5.69 Å². The SMILES string of the molecule is C[C@@H](O)CN1CCN(c2ccc(C(=O)NC3CC3)cc2[N+](=O)[O-])CC1.